The zero-order valence-electron chi connectivity index (χ0n) is 18.9. The van der Waals surface area contributed by atoms with Gasteiger partial charge in [-0.25, -0.2) is 4.79 Å². The van der Waals surface area contributed by atoms with Crippen molar-refractivity contribution in [3.63, 3.8) is 0 Å². The van der Waals surface area contributed by atoms with E-state index >= 15 is 0 Å². The van der Waals surface area contributed by atoms with E-state index < -0.39 is 0 Å². The molecule has 3 aromatic rings. The summed E-state index contributed by atoms with van der Waals surface area (Å²) in [4.78, 5) is 27.2. The van der Waals surface area contributed by atoms with E-state index in [0.29, 0.717) is 23.8 Å². The molecule has 0 radical (unpaired) electrons. The summed E-state index contributed by atoms with van der Waals surface area (Å²) in [5, 5.41) is 15.2. The lowest BCUT2D eigenvalue weighted by Crippen LogP contribution is -2.41. The molecule has 1 aliphatic heterocycles. The van der Waals surface area contributed by atoms with E-state index in [0.717, 1.165) is 34.8 Å². The molecule has 0 bridgehead atoms. The fourth-order valence-electron chi connectivity index (χ4n) is 3.74. The van der Waals surface area contributed by atoms with Crippen LogP contribution in [0.3, 0.4) is 0 Å². The fraction of sp³-hybridized carbons (Fsp3) is 0.333. The third-order valence-corrected chi connectivity index (χ3v) is 6.88. The largest absolute Gasteiger partial charge is 0.497 e. The van der Waals surface area contributed by atoms with Crippen LogP contribution in [0.1, 0.15) is 44.7 Å². The normalized spacial score (nSPS) is 15.7. The van der Waals surface area contributed by atoms with Crippen molar-refractivity contribution in [1.29, 1.82) is 0 Å². The summed E-state index contributed by atoms with van der Waals surface area (Å²) >= 11 is 1.28. The van der Waals surface area contributed by atoms with Crippen molar-refractivity contribution >= 4 is 34.6 Å². The van der Waals surface area contributed by atoms with Crippen molar-refractivity contribution in [1.82, 2.24) is 15.1 Å². The van der Waals surface area contributed by atoms with Crippen molar-refractivity contribution in [2.75, 3.05) is 30.8 Å². The van der Waals surface area contributed by atoms with Gasteiger partial charge < -0.3 is 20.3 Å². The highest BCUT2D eigenvalue weighted by atomic mass is 32.1. The van der Waals surface area contributed by atoms with Gasteiger partial charge in [0.15, 0.2) is 0 Å². The molecule has 4 rings (SSSR count). The summed E-state index contributed by atoms with van der Waals surface area (Å²) in [7, 11) is 1.59. The molecule has 0 saturated carbocycles. The number of carbonyl (C=O) groups is 2. The monoisotopic (exact) mass is 465 g/mol. The minimum Gasteiger partial charge on any atom is -0.497 e. The number of rotatable bonds is 5. The van der Waals surface area contributed by atoms with Crippen LogP contribution < -0.4 is 15.4 Å². The number of likely N-dealkylation sites (tertiary alicyclic amines) is 1. The molecule has 2 heterocycles. The number of hydrogen-bond donors (Lipinski definition) is 2. The average molecular weight is 466 g/mol. The number of nitrogens with zero attached hydrogens (tertiary/aromatic N) is 3. The van der Waals surface area contributed by atoms with Crippen molar-refractivity contribution in [2.45, 2.75) is 32.6 Å². The van der Waals surface area contributed by atoms with Crippen LogP contribution in [0.15, 0.2) is 42.5 Å². The number of urea groups is 1. The van der Waals surface area contributed by atoms with Crippen LogP contribution in [0.5, 0.6) is 5.75 Å². The molecular weight excluding hydrogens is 438 g/mol. The van der Waals surface area contributed by atoms with Gasteiger partial charge >= 0.3 is 6.03 Å². The van der Waals surface area contributed by atoms with E-state index in [9.17, 15) is 9.59 Å². The smallest absolute Gasteiger partial charge is 0.321 e. The van der Waals surface area contributed by atoms with Crippen molar-refractivity contribution in [3.8, 4) is 5.75 Å². The minimum absolute atomic E-state index is 0.0595. The fourth-order valence-corrected chi connectivity index (χ4v) is 4.60. The molecule has 1 unspecified atom stereocenters. The molecule has 1 fully saturated rings. The second-order valence-electron chi connectivity index (χ2n) is 8.14. The second kappa shape index (κ2) is 9.99. The lowest BCUT2D eigenvalue weighted by molar-refractivity contribution is 0.102. The van der Waals surface area contributed by atoms with Gasteiger partial charge in [0, 0.05) is 30.4 Å². The maximum Gasteiger partial charge on any atom is 0.321 e. The molecule has 2 N–H and O–H groups in total. The first-order valence-electron chi connectivity index (χ1n) is 10.8. The first-order chi connectivity index (χ1) is 15.9. The number of anilines is 2. The first kappa shape index (κ1) is 22.7. The Hall–Kier alpha value is -3.46. The molecule has 1 atom stereocenters. The Morgan fingerprint density at radius 1 is 1.03 bits per heavy atom. The van der Waals surface area contributed by atoms with Gasteiger partial charge in [0.25, 0.3) is 5.91 Å². The third kappa shape index (κ3) is 5.48. The minimum atomic E-state index is -0.302. The Morgan fingerprint density at radius 2 is 1.79 bits per heavy atom. The van der Waals surface area contributed by atoms with Gasteiger partial charge in [0.1, 0.15) is 10.8 Å². The van der Waals surface area contributed by atoms with Gasteiger partial charge in [-0.3, -0.25) is 4.79 Å². The summed E-state index contributed by atoms with van der Waals surface area (Å²) in [6, 6.07) is 12.9. The number of ether oxygens (including phenoxy) is 1. The van der Waals surface area contributed by atoms with Crippen LogP contribution in [0.4, 0.5) is 16.2 Å². The maximum atomic E-state index is 12.8. The van der Waals surface area contributed by atoms with Crippen molar-refractivity contribution in [3.05, 3.63) is 63.6 Å². The zero-order valence-corrected chi connectivity index (χ0v) is 19.7. The van der Waals surface area contributed by atoms with E-state index in [4.69, 9.17) is 4.74 Å². The molecule has 1 aromatic heterocycles. The van der Waals surface area contributed by atoms with Crippen LogP contribution in [0, 0.1) is 13.8 Å². The lowest BCUT2D eigenvalue weighted by Gasteiger charge is -2.31. The SMILES string of the molecule is COc1ccc(NC(=O)c2nnc(C3CCCN(C(=O)Nc4ccc(C)c(C)c4)C3)s2)cc1. The Bertz CT molecular complexity index is 1150. The number of benzene rings is 2. The van der Waals surface area contributed by atoms with E-state index in [1.165, 1.54) is 16.9 Å². The Labute approximate surface area is 197 Å². The molecule has 9 heteroatoms. The Kier molecular flexibility index (Phi) is 6.88. The summed E-state index contributed by atoms with van der Waals surface area (Å²) in [5.41, 5.74) is 3.77. The lowest BCUT2D eigenvalue weighted by atomic mass is 9.99. The van der Waals surface area contributed by atoms with Gasteiger partial charge in [0.05, 0.1) is 7.11 Å². The molecule has 0 aliphatic carbocycles. The first-order valence-corrected chi connectivity index (χ1v) is 11.7. The average Bonchev–Trinajstić information content (AvgIpc) is 3.33. The number of piperidine rings is 1. The number of methoxy groups -OCH3 is 1. The number of aromatic nitrogens is 2. The van der Waals surface area contributed by atoms with Gasteiger partial charge in [-0.1, -0.05) is 17.4 Å². The van der Waals surface area contributed by atoms with Crippen LogP contribution in [-0.4, -0.2) is 47.2 Å². The predicted octanol–water partition coefficient (Wildman–Crippen LogP) is 4.83. The van der Waals surface area contributed by atoms with Crippen molar-refractivity contribution < 1.29 is 14.3 Å². The highest BCUT2D eigenvalue weighted by molar-refractivity contribution is 7.13. The topological polar surface area (TPSA) is 96.4 Å². The summed E-state index contributed by atoms with van der Waals surface area (Å²) in [6.45, 7) is 5.31. The molecule has 1 saturated heterocycles. The van der Waals surface area contributed by atoms with E-state index in [-0.39, 0.29) is 17.9 Å². The second-order valence-corrected chi connectivity index (χ2v) is 9.15. The summed E-state index contributed by atoms with van der Waals surface area (Å²) < 4.78 is 5.13. The highest BCUT2D eigenvalue weighted by Gasteiger charge is 2.28. The number of aryl methyl sites for hydroxylation is 2. The predicted molar refractivity (Wildman–Crippen MR) is 129 cm³/mol. The third-order valence-electron chi connectivity index (χ3n) is 5.80. The summed E-state index contributed by atoms with van der Waals surface area (Å²) in [5.74, 6) is 0.475. The van der Waals surface area contributed by atoms with Crippen LogP contribution in [0.25, 0.3) is 0 Å². The summed E-state index contributed by atoms with van der Waals surface area (Å²) in [6.07, 6.45) is 1.78. The van der Waals surface area contributed by atoms with E-state index in [2.05, 4.69) is 20.8 Å². The highest BCUT2D eigenvalue weighted by Crippen LogP contribution is 2.30. The molecule has 1 aliphatic rings. The maximum absolute atomic E-state index is 12.8. The standard InChI is InChI=1S/C24H27N5O3S/c1-15-6-7-19(13-16(15)2)26-24(31)29-12-4-5-17(14-29)22-27-28-23(33-22)21(30)25-18-8-10-20(32-3)11-9-18/h6-11,13,17H,4-5,12,14H2,1-3H3,(H,25,30)(H,26,31). The van der Waals surface area contributed by atoms with E-state index in [1.54, 1.807) is 31.4 Å². The number of hydrogen-bond acceptors (Lipinski definition) is 6. The molecule has 8 nitrogen and oxygen atoms in total. The molecular formula is C24H27N5O3S. The number of carbonyl (C=O) groups excluding carboxylic acids is 2. The van der Waals surface area contributed by atoms with Gasteiger partial charge in [-0.05, 0) is 74.2 Å². The molecule has 0 spiro atoms. The van der Waals surface area contributed by atoms with Gasteiger partial charge in [-0.15, -0.1) is 10.2 Å². The van der Waals surface area contributed by atoms with E-state index in [1.807, 2.05) is 36.9 Å². The molecule has 33 heavy (non-hydrogen) atoms. The number of amides is 3. The van der Waals surface area contributed by atoms with Crippen LogP contribution >= 0.6 is 11.3 Å². The van der Waals surface area contributed by atoms with Crippen LogP contribution in [0.2, 0.25) is 0 Å². The Morgan fingerprint density at radius 3 is 2.52 bits per heavy atom. The quantitative estimate of drug-likeness (QED) is 0.563. The van der Waals surface area contributed by atoms with Crippen molar-refractivity contribution in [2.24, 2.45) is 0 Å². The van der Waals surface area contributed by atoms with Crippen LogP contribution in [-0.2, 0) is 0 Å². The van der Waals surface area contributed by atoms with Gasteiger partial charge in [-0.2, -0.15) is 0 Å². The molecule has 172 valence electrons. The molecule has 2 aromatic carbocycles. The number of nitrogens with one attached hydrogen (secondary N) is 2. The Balaban J connectivity index is 1.37. The molecule has 3 amide bonds. The van der Waals surface area contributed by atoms with Gasteiger partial charge in [0.2, 0.25) is 5.01 Å². The zero-order chi connectivity index (χ0) is 23.4.